The van der Waals surface area contributed by atoms with Crippen molar-refractivity contribution in [3.8, 4) is 0 Å². The SMILES string of the molecule is NNC(c1ccccc1)c1ncccc1F. The zero-order valence-corrected chi connectivity index (χ0v) is 8.60. The molecule has 1 unspecified atom stereocenters. The van der Waals surface area contributed by atoms with Crippen LogP contribution in [0.25, 0.3) is 0 Å². The maximum Gasteiger partial charge on any atom is 0.146 e. The van der Waals surface area contributed by atoms with Gasteiger partial charge in [0, 0.05) is 6.20 Å². The molecule has 82 valence electrons. The average molecular weight is 217 g/mol. The normalized spacial score (nSPS) is 12.4. The highest BCUT2D eigenvalue weighted by Gasteiger charge is 2.16. The van der Waals surface area contributed by atoms with Gasteiger partial charge in [0.2, 0.25) is 0 Å². The van der Waals surface area contributed by atoms with Crippen molar-refractivity contribution in [2.45, 2.75) is 6.04 Å². The molecular formula is C12H12FN3. The van der Waals surface area contributed by atoms with Crippen LogP contribution in [-0.4, -0.2) is 4.98 Å². The molecule has 2 rings (SSSR count). The van der Waals surface area contributed by atoms with Crippen LogP contribution in [-0.2, 0) is 0 Å². The van der Waals surface area contributed by atoms with E-state index in [9.17, 15) is 4.39 Å². The highest BCUT2D eigenvalue weighted by Crippen LogP contribution is 2.21. The maximum atomic E-state index is 13.6. The van der Waals surface area contributed by atoms with Gasteiger partial charge in [0.05, 0.1) is 11.7 Å². The number of pyridine rings is 1. The number of hydrogen-bond acceptors (Lipinski definition) is 3. The molecule has 1 atom stereocenters. The number of hydrazine groups is 1. The zero-order chi connectivity index (χ0) is 11.4. The van der Waals surface area contributed by atoms with Crippen molar-refractivity contribution in [2.24, 2.45) is 5.84 Å². The van der Waals surface area contributed by atoms with Crippen molar-refractivity contribution in [1.82, 2.24) is 10.4 Å². The van der Waals surface area contributed by atoms with E-state index < -0.39 is 6.04 Å². The molecule has 1 aromatic heterocycles. The molecule has 0 saturated carbocycles. The number of nitrogens with zero attached hydrogens (tertiary/aromatic N) is 1. The molecule has 0 aliphatic carbocycles. The summed E-state index contributed by atoms with van der Waals surface area (Å²) in [6, 6.07) is 11.9. The van der Waals surface area contributed by atoms with Gasteiger partial charge in [-0.05, 0) is 17.7 Å². The Balaban J connectivity index is 2.41. The van der Waals surface area contributed by atoms with Crippen molar-refractivity contribution in [3.63, 3.8) is 0 Å². The van der Waals surface area contributed by atoms with Crippen LogP contribution < -0.4 is 11.3 Å². The van der Waals surface area contributed by atoms with Crippen LogP contribution >= 0.6 is 0 Å². The Labute approximate surface area is 93.1 Å². The summed E-state index contributed by atoms with van der Waals surface area (Å²) in [5.74, 6) is 5.08. The molecule has 0 saturated heterocycles. The maximum absolute atomic E-state index is 13.6. The molecule has 0 fully saturated rings. The summed E-state index contributed by atoms with van der Waals surface area (Å²) in [6.45, 7) is 0. The van der Waals surface area contributed by atoms with Gasteiger partial charge in [-0.15, -0.1) is 0 Å². The number of hydrogen-bond donors (Lipinski definition) is 2. The Bertz CT molecular complexity index is 459. The van der Waals surface area contributed by atoms with Gasteiger partial charge >= 0.3 is 0 Å². The third-order valence-corrected chi connectivity index (χ3v) is 2.36. The predicted octanol–water partition coefficient (Wildman–Crippen LogP) is 1.77. The van der Waals surface area contributed by atoms with Gasteiger partial charge in [-0.2, -0.15) is 0 Å². The molecule has 0 aliphatic rings. The van der Waals surface area contributed by atoms with E-state index >= 15 is 0 Å². The molecule has 0 bridgehead atoms. The lowest BCUT2D eigenvalue weighted by molar-refractivity contribution is 0.543. The summed E-state index contributed by atoms with van der Waals surface area (Å²) in [5.41, 5.74) is 3.75. The number of nitrogens with two attached hydrogens (primary N) is 1. The molecule has 0 spiro atoms. The lowest BCUT2D eigenvalue weighted by Gasteiger charge is -2.15. The second kappa shape index (κ2) is 4.83. The van der Waals surface area contributed by atoms with Crippen molar-refractivity contribution in [2.75, 3.05) is 0 Å². The quantitative estimate of drug-likeness (QED) is 0.608. The van der Waals surface area contributed by atoms with Crippen LogP contribution in [0, 0.1) is 5.82 Å². The first-order valence-electron chi connectivity index (χ1n) is 4.94. The van der Waals surface area contributed by atoms with E-state index in [0.717, 1.165) is 5.56 Å². The molecular weight excluding hydrogens is 205 g/mol. The summed E-state index contributed by atoms with van der Waals surface area (Å²) in [7, 11) is 0. The Hall–Kier alpha value is -1.78. The van der Waals surface area contributed by atoms with E-state index in [1.54, 1.807) is 12.3 Å². The Morgan fingerprint density at radius 2 is 1.88 bits per heavy atom. The molecule has 1 heterocycles. The molecule has 4 heteroatoms. The lowest BCUT2D eigenvalue weighted by Crippen LogP contribution is -2.30. The van der Waals surface area contributed by atoms with Crippen LogP contribution in [0.15, 0.2) is 48.7 Å². The van der Waals surface area contributed by atoms with E-state index in [4.69, 9.17) is 5.84 Å². The first-order chi connectivity index (χ1) is 7.83. The summed E-state index contributed by atoms with van der Waals surface area (Å²) < 4.78 is 13.6. The lowest BCUT2D eigenvalue weighted by atomic mass is 10.0. The highest BCUT2D eigenvalue weighted by molar-refractivity contribution is 5.27. The fourth-order valence-corrected chi connectivity index (χ4v) is 1.59. The molecule has 3 N–H and O–H groups in total. The fourth-order valence-electron chi connectivity index (χ4n) is 1.59. The highest BCUT2D eigenvalue weighted by atomic mass is 19.1. The zero-order valence-electron chi connectivity index (χ0n) is 8.60. The first-order valence-corrected chi connectivity index (χ1v) is 4.94. The summed E-state index contributed by atoms with van der Waals surface area (Å²) in [4.78, 5) is 4.01. The summed E-state index contributed by atoms with van der Waals surface area (Å²) >= 11 is 0. The van der Waals surface area contributed by atoms with Gasteiger partial charge in [0.1, 0.15) is 5.82 Å². The standard InChI is InChI=1S/C12H12FN3/c13-10-7-4-8-15-12(10)11(16-14)9-5-2-1-3-6-9/h1-8,11,16H,14H2. The van der Waals surface area contributed by atoms with Crippen molar-refractivity contribution in [1.29, 1.82) is 0 Å². The van der Waals surface area contributed by atoms with E-state index in [2.05, 4.69) is 10.4 Å². The minimum Gasteiger partial charge on any atom is -0.271 e. The van der Waals surface area contributed by atoms with E-state index in [0.29, 0.717) is 5.69 Å². The predicted molar refractivity (Wildman–Crippen MR) is 59.8 cm³/mol. The summed E-state index contributed by atoms with van der Waals surface area (Å²) in [6.07, 6.45) is 1.55. The molecule has 3 nitrogen and oxygen atoms in total. The van der Waals surface area contributed by atoms with Crippen molar-refractivity contribution < 1.29 is 4.39 Å². The Morgan fingerprint density at radius 3 is 2.50 bits per heavy atom. The fraction of sp³-hybridized carbons (Fsp3) is 0.0833. The van der Waals surface area contributed by atoms with Crippen LogP contribution in [0.3, 0.4) is 0 Å². The van der Waals surface area contributed by atoms with Crippen LogP contribution in [0.1, 0.15) is 17.3 Å². The van der Waals surface area contributed by atoms with Crippen molar-refractivity contribution in [3.05, 3.63) is 65.7 Å². The van der Waals surface area contributed by atoms with Gasteiger partial charge in [-0.3, -0.25) is 10.8 Å². The van der Waals surface area contributed by atoms with Crippen LogP contribution in [0.2, 0.25) is 0 Å². The van der Waals surface area contributed by atoms with E-state index in [1.165, 1.54) is 6.07 Å². The smallest absolute Gasteiger partial charge is 0.146 e. The van der Waals surface area contributed by atoms with Crippen molar-refractivity contribution >= 4 is 0 Å². The summed E-state index contributed by atoms with van der Waals surface area (Å²) in [5, 5.41) is 0. The van der Waals surface area contributed by atoms with E-state index in [-0.39, 0.29) is 5.82 Å². The molecule has 0 aliphatic heterocycles. The molecule has 16 heavy (non-hydrogen) atoms. The number of aromatic nitrogens is 1. The largest absolute Gasteiger partial charge is 0.271 e. The van der Waals surface area contributed by atoms with Gasteiger partial charge < -0.3 is 0 Å². The second-order valence-corrected chi connectivity index (χ2v) is 3.38. The monoisotopic (exact) mass is 217 g/mol. The Morgan fingerprint density at radius 1 is 1.12 bits per heavy atom. The minimum atomic E-state index is -0.428. The van der Waals surface area contributed by atoms with E-state index in [1.807, 2.05) is 30.3 Å². The second-order valence-electron chi connectivity index (χ2n) is 3.38. The molecule has 0 amide bonds. The number of benzene rings is 1. The number of nitrogens with one attached hydrogen (secondary N) is 1. The third kappa shape index (κ3) is 2.08. The average Bonchev–Trinajstić information content (AvgIpc) is 2.34. The van der Waals surface area contributed by atoms with Crippen LogP contribution in [0.4, 0.5) is 4.39 Å². The van der Waals surface area contributed by atoms with Gasteiger partial charge in [-0.25, -0.2) is 9.82 Å². The van der Waals surface area contributed by atoms with Gasteiger partial charge in [0.15, 0.2) is 0 Å². The topological polar surface area (TPSA) is 50.9 Å². The number of rotatable bonds is 3. The minimum absolute atomic E-state index is 0.302. The third-order valence-electron chi connectivity index (χ3n) is 2.36. The van der Waals surface area contributed by atoms with Gasteiger partial charge in [0.25, 0.3) is 0 Å². The molecule has 2 aromatic rings. The molecule has 0 radical (unpaired) electrons. The Kier molecular flexibility index (Phi) is 3.24. The first kappa shape index (κ1) is 10.7. The van der Waals surface area contributed by atoms with Gasteiger partial charge in [-0.1, -0.05) is 30.3 Å². The number of halogens is 1. The molecule has 1 aromatic carbocycles. The van der Waals surface area contributed by atoms with Crippen LogP contribution in [0.5, 0.6) is 0 Å².